The highest BCUT2D eigenvalue weighted by atomic mass is 35.5. The number of benzene rings is 2. The van der Waals surface area contributed by atoms with E-state index in [1.54, 1.807) is 25.1 Å². The van der Waals surface area contributed by atoms with E-state index >= 15 is 0 Å². The lowest BCUT2D eigenvalue weighted by atomic mass is 10.1. The summed E-state index contributed by atoms with van der Waals surface area (Å²) in [5.41, 5.74) is 2.42. The molecular weight excluding hydrogens is 386 g/mol. The Morgan fingerprint density at radius 3 is 2.78 bits per heavy atom. The van der Waals surface area contributed by atoms with Crippen LogP contribution in [0.4, 0.5) is 5.69 Å². The van der Waals surface area contributed by atoms with Gasteiger partial charge in [-0.15, -0.1) is 10.2 Å². The van der Waals surface area contributed by atoms with Gasteiger partial charge in [0.05, 0.1) is 18.0 Å². The maximum Gasteiger partial charge on any atom is 0.277 e. The van der Waals surface area contributed by atoms with Crippen molar-refractivity contribution in [2.45, 2.75) is 24.3 Å². The van der Waals surface area contributed by atoms with Gasteiger partial charge in [0.1, 0.15) is 5.75 Å². The van der Waals surface area contributed by atoms with E-state index in [2.05, 4.69) is 15.5 Å². The monoisotopic (exact) mass is 403 g/mol. The number of thioether (sulfide) groups is 1. The van der Waals surface area contributed by atoms with Gasteiger partial charge in [0.15, 0.2) is 0 Å². The number of methoxy groups -OCH3 is 1. The molecule has 6 nitrogen and oxygen atoms in total. The molecular formula is C19H18ClN3O3S. The van der Waals surface area contributed by atoms with E-state index in [1.165, 1.54) is 18.9 Å². The molecule has 1 aromatic heterocycles. The van der Waals surface area contributed by atoms with E-state index in [-0.39, 0.29) is 5.91 Å². The van der Waals surface area contributed by atoms with Crippen LogP contribution < -0.4 is 10.1 Å². The molecule has 3 aromatic rings. The number of carbonyl (C=O) groups excluding carboxylic acids is 1. The minimum Gasteiger partial charge on any atom is -0.495 e. The van der Waals surface area contributed by atoms with Crippen molar-refractivity contribution in [1.29, 1.82) is 0 Å². The van der Waals surface area contributed by atoms with Crippen LogP contribution in [0.5, 0.6) is 5.75 Å². The highest BCUT2D eigenvalue weighted by Gasteiger charge is 2.20. The Morgan fingerprint density at radius 2 is 2.04 bits per heavy atom. The van der Waals surface area contributed by atoms with Crippen LogP contribution in [0.1, 0.15) is 12.5 Å². The summed E-state index contributed by atoms with van der Waals surface area (Å²) < 4.78 is 10.9. The first-order chi connectivity index (χ1) is 13.0. The van der Waals surface area contributed by atoms with E-state index in [4.69, 9.17) is 20.8 Å². The molecule has 0 aliphatic rings. The fourth-order valence-electron chi connectivity index (χ4n) is 2.40. The quantitative estimate of drug-likeness (QED) is 0.594. The number of carbonyl (C=O) groups is 1. The molecule has 0 fully saturated rings. The third-order valence-corrected chi connectivity index (χ3v) is 5.02. The molecule has 1 heterocycles. The molecule has 0 spiro atoms. The van der Waals surface area contributed by atoms with Gasteiger partial charge in [0, 0.05) is 10.6 Å². The molecule has 3 rings (SSSR count). The third kappa shape index (κ3) is 4.61. The fourth-order valence-corrected chi connectivity index (χ4v) is 3.25. The van der Waals surface area contributed by atoms with Crippen molar-refractivity contribution in [3.63, 3.8) is 0 Å². The second kappa shape index (κ2) is 8.45. The number of rotatable bonds is 6. The number of nitrogens with zero attached hydrogens (tertiary/aromatic N) is 2. The zero-order chi connectivity index (χ0) is 19.4. The van der Waals surface area contributed by atoms with Gasteiger partial charge >= 0.3 is 0 Å². The van der Waals surface area contributed by atoms with E-state index < -0.39 is 5.25 Å². The first-order valence-electron chi connectivity index (χ1n) is 8.18. The molecule has 0 bridgehead atoms. The molecule has 140 valence electrons. The van der Waals surface area contributed by atoms with Gasteiger partial charge in [-0.05, 0) is 43.7 Å². The molecule has 0 aliphatic carbocycles. The Bertz CT molecular complexity index is 961. The number of hydrogen-bond acceptors (Lipinski definition) is 6. The van der Waals surface area contributed by atoms with Crippen LogP contribution in [0.25, 0.3) is 11.5 Å². The van der Waals surface area contributed by atoms with Gasteiger partial charge in [-0.1, -0.05) is 41.6 Å². The zero-order valence-electron chi connectivity index (χ0n) is 15.0. The molecule has 0 saturated heterocycles. The molecule has 0 radical (unpaired) electrons. The zero-order valence-corrected chi connectivity index (χ0v) is 16.6. The van der Waals surface area contributed by atoms with Gasteiger partial charge in [0.2, 0.25) is 11.8 Å². The lowest BCUT2D eigenvalue weighted by Gasteiger charge is -2.13. The first-order valence-corrected chi connectivity index (χ1v) is 9.44. The van der Waals surface area contributed by atoms with Crippen LogP contribution in [0.15, 0.2) is 52.1 Å². The van der Waals surface area contributed by atoms with Gasteiger partial charge in [0.25, 0.3) is 5.22 Å². The topological polar surface area (TPSA) is 77.2 Å². The Hall–Kier alpha value is -2.51. The highest BCUT2D eigenvalue weighted by molar-refractivity contribution is 8.00. The van der Waals surface area contributed by atoms with Crippen LogP contribution in [-0.2, 0) is 4.79 Å². The molecule has 2 aromatic carbocycles. The van der Waals surface area contributed by atoms with Crippen LogP contribution in [0.3, 0.4) is 0 Å². The molecule has 1 N–H and O–H groups in total. The normalized spacial score (nSPS) is 11.9. The van der Waals surface area contributed by atoms with Crippen LogP contribution in [0.2, 0.25) is 5.02 Å². The number of aromatic nitrogens is 2. The predicted molar refractivity (Wildman–Crippen MR) is 106 cm³/mol. The number of anilines is 1. The summed E-state index contributed by atoms with van der Waals surface area (Å²) in [6.07, 6.45) is 0. The molecule has 0 saturated carbocycles. The number of ether oxygens (including phenoxy) is 1. The van der Waals surface area contributed by atoms with Crippen LogP contribution >= 0.6 is 23.4 Å². The minimum absolute atomic E-state index is 0.226. The highest BCUT2D eigenvalue weighted by Crippen LogP contribution is 2.31. The van der Waals surface area contributed by atoms with Crippen molar-refractivity contribution < 1.29 is 13.9 Å². The van der Waals surface area contributed by atoms with Gasteiger partial charge in [-0.2, -0.15) is 0 Å². The van der Waals surface area contributed by atoms with Gasteiger partial charge in [-0.25, -0.2) is 0 Å². The van der Waals surface area contributed by atoms with E-state index in [0.717, 1.165) is 11.1 Å². The van der Waals surface area contributed by atoms with Crippen molar-refractivity contribution in [3.05, 3.63) is 53.1 Å². The summed E-state index contributed by atoms with van der Waals surface area (Å²) in [5, 5.41) is 11.3. The van der Waals surface area contributed by atoms with Crippen molar-refractivity contribution in [3.8, 4) is 17.2 Å². The standard InChI is InChI=1S/C19H18ClN3O3S/c1-11-6-4-5-7-14(11)18-22-23-19(26-18)27-12(2)17(24)21-15-10-13(20)8-9-16(15)25-3/h4-10,12H,1-3H3,(H,21,24)/t12-/m1/s1. The molecule has 0 aliphatic heterocycles. The Labute approximate surface area is 166 Å². The second-order valence-electron chi connectivity index (χ2n) is 5.78. The maximum atomic E-state index is 12.5. The average Bonchev–Trinajstić information content (AvgIpc) is 3.10. The van der Waals surface area contributed by atoms with Crippen molar-refractivity contribution >= 4 is 35.0 Å². The van der Waals surface area contributed by atoms with E-state index in [0.29, 0.717) is 27.6 Å². The van der Waals surface area contributed by atoms with Crippen molar-refractivity contribution in [2.75, 3.05) is 12.4 Å². The molecule has 1 amide bonds. The average molecular weight is 404 g/mol. The summed E-state index contributed by atoms with van der Waals surface area (Å²) in [4.78, 5) is 12.5. The van der Waals surface area contributed by atoms with E-state index in [1.807, 2.05) is 31.2 Å². The number of nitrogens with one attached hydrogen (secondary N) is 1. The summed E-state index contributed by atoms with van der Waals surface area (Å²) in [5.74, 6) is 0.737. The van der Waals surface area contributed by atoms with Crippen LogP contribution in [0, 0.1) is 6.92 Å². The Morgan fingerprint density at radius 1 is 1.26 bits per heavy atom. The molecule has 1 atom stereocenters. The minimum atomic E-state index is -0.459. The number of aryl methyl sites for hydroxylation is 1. The lowest BCUT2D eigenvalue weighted by molar-refractivity contribution is -0.115. The summed E-state index contributed by atoms with van der Waals surface area (Å²) in [6, 6.07) is 12.8. The van der Waals surface area contributed by atoms with Gasteiger partial charge in [-0.3, -0.25) is 4.79 Å². The summed E-state index contributed by atoms with van der Waals surface area (Å²) in [6.45, 7) is 3.73. The number of halogens is 1. The maximum absolute atomic E-state index is 12.5. The largest absolute Gasteiger partial charge is 0.495 e. The van der Waals surface area contributed by atoms with Crippen molar-refractivity contribution in [2.24, 2.45) is 0 Å². The summed E-state index contributed by atoms with van der Waals surface area (Å²) in [7, 11) is 1.53. The predicted octanol–water partition coefficient (Wildman–Crippen LogP) is 4.83. The number of amides is 1. The first kappa shape index (κ1) is 19.3. The Kier molecular flexibility index (Phi) is 6.03. The third-order valence-electron chi connectivity index (χ3n) is 3.85. The second-order valence-corrected chi connectivity index (χ2v) is 7.51. The van der Waals surface area contributed by atoms with Crippen LogP contribution in [-0.4, -0.2) is 28.5 Å². The molecule has 8 heteroatoms. The smallest absolute Gasteiger partial charge is 0.277 e. The summed E-state index contributed by atoms with van der Waals surface area (Å²) >= 11 is 7.18. The number of hydrogen-bond donors (Lipinski definition) is 1. The lowest BCUT2D eigenvalue weighted by Crippen LogP contribution is -2.22. The molecule has 27 heavy (non-hydrogen) atoms. The Balaban J connectivity index is 1.69. The fraction of sp³-hybridized carbons (Fsp3) is 0.211. The molecule has 0 unspecified atom stereocenters. The van der Waals surface area contributed by atoms with Gasteiger partial charge < -0.3 is 14.5 Å². The SMILES string of the molecule is COc1ccc(Cl)cc1NC(=O)[C@@H](C)Sc1nnc(-c2ccccc2C)o1. The van der Waals surface area contributed by atoms with Crippen molar-refractivity contribution in [1.82, 2.24) is 10.2 Å². The van der Waals surface area contributed by atoms with E-state index in [9.17, 15) is 4.79 Å².